The largest absolute Gasteiger partial charge is 0.383 e. The first-order valence-corrected chi connectivity index (χ1v) is 12.4. The van der Waals surface area contributed by atoms with Gasteiger partial charge < -0.3 is 15.2 Å². The highest BCUT2D eigenvalue weighted by atomic mass is 32.1. The number of aliphatic hydroxyl groups excluding tert-OH is 1. The van der Waals surface area contributed by atoms with Crippen molar-refractivity contribution >= 4 is 16.3 Å². The number of hydrogen-bond donors (Lipinski definition) is 3. The summed E-state index contributed by atoms with van der Waals surface area (Å²) in [6.45, 7) is 7.66. The predicted molar refractivity (Wildman–Crippen MR) is 136 cm³/mol. The van der Waals surface area contributed by atoms with Gasteiger partial charge in [0, 0.05) is 50.2 Å². The second-order valence-electron chi connectivity index (χ2n) is 8.84. The Morgan fingerprint density at radius 2 is 1.79 bits per heavy atom. The molecule has 0 bridgehead atoms. The molecule has 1 aromatic heterocycles. The quantitative estimate of drug-likeness (QED) is 0.387. The van der Waals surface area contributed by atoms with Gasteiger partial charge in [0.05, 0.1) is 11.6 Å². The van der Waals surface area contributed by atoms with Crippen LogP contribution in [0.3, 0.4) is 0 Å². The van der Waals surface area contributed by atoms with Crippen molar-refractivity contribution in [3.05, 3.63) is 71.2 Å². The predicted octanol–water partition coefficient (Wildman–Crippen LogP) is 4.33. The van der Waals surface area contributed by atoms with E-state index in [1.54, 1.807) is 18.4 Å². The standard InChI is InChI=1S/C26H34N4O2S/c1-18(2)24-28-23(20-12-8-5-9-13-20)25(33-24)29-26(31)27-22-17-30(14-15-32-3)16-21(22)19-10-6-4-7-11-19/h4-13,18,21-22,26-27,29,31H,14-17H2,1-3H3. The molecule has 0 amide bonds. The number of anilines is 1. The maximum Gasteiger partial charge on any atom is 0.182 e. The number of aromatic nitrogens is 1. The summed E-state index contributed by atoms with van der Waals surface area (Å²) in [6, 6.07) is 20.8. The molecule has 1 aliphatic heterocycles. The molecule has 2 aromatic carbocycles. The second kappa shape index (κ2) is 11.2. The van der Waals surface area contributed by atoms with E-state index in [9.17, 15) is 5.11 Å². The van der Waals surface area contributed by atoms with Gasteiger partial charge in [-0.1, -0.05) is 74.5 Å². The first kappa shape index (κ1) is 23.9. The molecular weight excluding hydrogens is 432 g/mol. The Kier molecular flexibility index (Phi) is 8.11. The van der Waals surface area contributed by atoms with Crippen molar-refractivity contribution < 1.29 is 9.84 Å². The number of nitrogens with zero attached hydrogens (tertiary/aromatic N) is 2. The van der Waals surface area contributed by atoms with Crippen LogP contribution in [-0.4, -0.2) is 60.7 Å². The SMILES string of the molecule is COCCN1CC(NC(O)Nc2sc(C(C)C)nc2-c2ccccc2)C(c2ccccc2)C1. The van der Waals surface area contributed by atoms with Crippen LogP contribution in [0.1, 0.15) is 36.3 Å². The Labute approximate surface area is 200 Å². The number of benzene rings is 2. The molecule has 33 heavy (non-hydrogen) atoms. The zero-order chi connectivity index (χ0) is 23.2. The van der Waals surface area contributed by atoms with Gasteiger partial charge in [-0.2, -0.15) is 0 Å². The van der Waals surface area contributed by atoms with E-state index in [0.717, 1.165) is 40.9 Å². The van der Waals surface area contributed by atoms with Gasteiger partial charge in [0.2, 0.25) is 0 Å². The Balaban J connectivity index is 1.51. The lowest BCUT2D eigenvalue weighted by atomic mass is 9.94. The van der Waals surface area contributed by atoms with Gasteiger partial charge >= 0.3 is 0 Å². The number of aliphatic hydroxyl groups is 1. The molecule has 7 heteroatoms. The maximum atomic E-state index is 11.0. The summed E-state index contributed by atoms with van der Waals surface area (Å²) in [7, 11) is 1.74. The number of likely N-dealkylation sites (tertiary alicyclic amines) is 1. The van der Waals surface area contributed by atoms with Crippen molar-refractivity contribution in [3.8, 4) is 11.3 Å². The maximum absolute atomic E-state index is 11.0. The molecule has 3 unspecified atom stereocenters. The van der Waals surface area contributed by atoms with Crippen molar-refractivity contribution in [1.29, 1.82) is 0 Å². The van der Waals surface area contributed by atoms with E-state index in [4.69, 9.17) is 9.72 Å². The Hall–Kier alpha value is -2.29. The third-order valence-corrected chi connectivity index (χ3v) is 7.35. The normalized spacial score (nSPS) is 19.8. The molecule has 1 saturated heterocycles. The highest BCUT2D eigenvalue weighted by molar-refractivity contribution is 7.16. The van der Waals surface area contributed by atoms with Crippen LogP contribution in [-0.2, 0) is 4.74 Å². The summed E-state index contributed by atoms with van der Waals surface area (Å²) in [5.41, 5.74) is 3.22. The number of hydrogen-bond acceptors (Lipinski definition) is 7. The summed E-state index contributed by atoms with van der Waals surface area (Å²) in [4.78, 5) is 7.26. The van der Waals surface area contributed by atoms with Gasteiger partial charge in [0.15, 0.2) is 6.35 Å². The molecule has 0 saturated carbocycles. The van der Waals surface area contributed by atoms with Crippen LogP contribution in [0.4, 0.5) is 5.00 Å². The van der Waals surface area contributed by atoms with Gasteiger partial charge in [-0.25, -0.2) is 4.98 Å². The van der Waals surface area contributed by atoms with Crippen LogP contribution in [0.25, 0.3) is 11.3 Å². The average molecular weight is 467 g/mol. The highest BCUT2D eigenvalue weighted by Crippen LogP contribution is 2.36. The molecule has 6 nitrogen and oxygen atoms in total. The Bertz CT molecular complexity index is 996. The lowest BCUT2D eigenvalue weighted by Crippen LogP contribution is -2.46. The van der Waals surface area contributed by atoms with Crippen molar-refractivity contribution in [3.63, 3.8) is 0 Å². The molecule has 1 fully saturated rings. The molecule has 2 heterocycles. The summed E-state index contributed by atoms with van der Waals surface area (Å²) in [6.07, 6.45) is -0.883. The fourth-order valence-electron chi connectivity index (χ4n) is 4.34. The fourth-order valence-corrected chi connectivity index (χ4v) is 5.35. The van der Waals surface area contributed by atoms with Crippen LogP contribution in [0.2, 0.25) is 0 Å². The minimum Gasteiger partial charge on any atom is -0.383 e. The molecule has 3 N–H and O–H groups in total. The molecule has 0 aliphatic carbocycles. The van der Waals surface area contributed by atoms with E-state index < -0.39 is 6.35 Å². The van der Waals surface area contributed by atoms with Gasteiger partial charge in [-0.15, -0.1) is 11.3 Å². The molecule has 176 valence electrons. The van der Waals surface area contributed by atoms with E-state index in [1.807, 2.05) is 24.3 Å². The lowest BCUT2D eigenvalue weighted by Gasteiger charge is -2.24. The number of methoxy groups -OCH3 is 1. The van der Waals surface area contributed by atoms with Crippen molar-refractivity contribution in [1.82, 2.24) is 15.2 Å². The first-order valence-electron chi connectivity index (χ1n) is 11.6. The van der Waals surface area contributed by atoms with Crippen molar-refractivity contribution in [2.75, 3.05) is 38.7 Å². The zero-order valence-electron chi connectivity index (χ0n) is 19.6. The molecule has 3 aromatic rings. The van der Waals surface area contributed by atoms with Crippen LogP contribution < -0.4 is 10.6 Å². The van der Waals surface area contributed by atoms with Gasteiger partial charge in [-0.3, -0.25) is 10.2 Å². The number of rotatable bonds is 10. The topological polar surface area (TPSA) is 69.7 Å². The molecule has 3 atom stereocenters. The van der Waals surface area contributed by atoms with Crippen LogP contribution >= 0.6 is 11.3 Å². The third-order valence-electron chi connectivity index (χ3n) is 6.06. The molecule has 4 rings (SSSR count). The van der Waals surface area contributed by atoms with E-state index in [0.29, 0.717) is 18.4 Å². The Morgan fingerprint density at radius 3 is 2.45 bits per heavy atom. The van der Waals surface area contributed by atoms with Gasteiger partial charge in [-0.05, 0) is 5.56 Å². The Morgan fingerprint density at radius 1 is 1.09 bits per heavy atom. The second-order valence-corrected chi connectivity index (χ2v) is 9.87. The van der Waals surface area contributed by atoms with Gasteiger partial charge in [0.25, 0.3) is 0 Å². The average Bonchev–Trinajstić information content (AvgIpc) is 3.43. The number of thiazole rings is 1. The summed E-state index contributed by atoms with van der Waals surface area (Å²) >= 11 is 1.61. The zero-order valence-corrected chi connectivity index (χ0v) is 20.4. The van der Waals surface area contributed by atoms with E-state index >= 15 is 0 Å². The van der Waals surface area contributed by atoms with E-state index in [2.05, 4.69) is 65.8 Å². The monoisotopic (exact) mass is 466 g/mol. The third kappa shape index (κ3) is 5.99. The van der Waals surface area contributed by atoms with Crippen molar-refractivity contribution in [2.24, 2.45) is 0 Å². The van der Waals surface area contributed by atoms with E-state index in [1.165, 1.54) is 5.56 Å². The molecule has 0 radical (unpaired) electrons. The molecule has 1 aliphatic rings. The number of nitrogens with one attached hydrogen (secondary N) is 2. The minimum atomic E-state index is -0.883. The number of ether oxygens (including phenoxy) is 1. The van der Waals surface area contributed by atoms with E-state index in [-0.39, 0.29) is 6.04 Å². The van der Waals surface area contributed by atoms with Crippen molar-refractivity contribution in [2.45, 2.75) is 38.1 Å². The summed E-state index contributed by atoms with van der Waals surface area (Å²) in [5, 5.41) is 19.7. The van der Waals surface area contributed by atoms with Crippen LogP contribution in [0, 0.1) is 0 Å². The summed E-state index contributed by atoms with van der Waals surface area (Å²) < 4.78 is 5.29. The summed E-state index contributed by atoms with van der Waals surface area (Å²) in [5.74, 6) is 0.616. The minimum absolute atomic E-state index is 0.115. The fraction of sp³-hybridized carbons (Fsp3) is 0.423. The molecular formula is C26H34N4O2S. The van der Waals surface area contributed by atoms with Crippen LogP contribution in [0.5, 0.6) is 0 Å². The molecule has 0 spiro atoms. The smallest absolute Gasteiger partial charge is 0.182 e. The first-order chi connectivity index (χ1) is 16.0. The van der Waals surface area contributed by atoms with Gasteiger partial charge in [0.1, 0.15) is 10.7 Å². The lowest BCUT2D eigenvalue weighted by molar-refractivity contribution is 0.140. The highest BCUT2D eigenvalue weighted by Gasteiger charge is 2.34. The van der Waals surface area contributed by atoms with Crippen LogP contribution in [0.15, 0.2) is 60.7 Å².